The van der Waals surface area contributed by atoms with E-state index in [4.69, 9.17) is 18.0 Å². The first-order valence-electron chi connectivity index (χ1n) is 6.03. The molecule has 0 bridgehead atoms. The quantitative estimate of drug-likeness (QED) is 0.800. The van der Waals surface area contributed by atoms with Crippen LogP contribution in [0.2, 0.25) is 0 Å². The highest BCUT2D eigenvalue weighted by Gasteiger charge is 2.20. The van der Waals surface area contributed by atoms with Crippen LogP contribution in [0, 0.1) is 0 Å². The predicted molar refractivity (Wildman–Crippen MR) is 73.2 cm³/mol. The molecular formula is C13H15N3S. The molecule has 0 radical (unpaired) electrons. The maximum atomic E-state index is 5.63. The van der Waals surface area contributed by atoms with Gasteiger partial charge in [0.1, 0.15) is 10.8 Å². The minimum Gasteiger partial charge on any atom is -0.389 e. The topological polar surface area (TPSA) is 54.7 Å². The molecule has 1 saturated carbocycles. The Morgan fingerprint density at radius 2 is 2.12 bits per heavy atom. The summed E-state index contributed by atoms with van der Waals surface area (Å²) in [6, 6.07) is 5.91. The number of benzene rings is 1. The second kappa shape index (κ2) is 4.11. The van der Waals surface area contributed by atoms with Gasteiger partial charge in [0.05, 0.1) is 11.0 Å². The highest BCUT2D eigenvalue weighted by molar-refractivity contribution is 7.80. The number of rotatable bonds is 2. The van der Waals surface area contributed by atoms with E-state index in [1.807, 2.05) is 18.2 Å². The molecule has 0 unspecified atom stereocenters. The van der Waals surface area contributed by atoms with Crippen LogP contribution < -0.4 is 5.73 Å². The van der Waals surface area contributed by atoms with Crippen molar-refractivity contribution in [3.05, 3.63) is 29.6 Å². The average Bonchev–Trinajstić information content (AvgIpc) is 2.96. The number of nitrogens with zero attached hydrogens (tertiary/aromatic N) is 1. The maximum Gasteiger partial charge on any atom is 0.110 e. The lowest BCUT2D eigenvalue weighted by Crippen LogP contribution is -2.08. The number of thiocarbonyl (C=S) groups is 1. The summed E-state index contributed by atoms with van der Waals surface area (Å²) in [5.41, 5.74) is 8.57. The Morgan fingerprint density at radius 3 is 2.82 bits per heavy atom. The zero-order valence-electron chi connectivity index (χ0n) is 9.57. The van der Waals surface area contributed by atoms with E-state index in [0.29, 0.717) is 10.9 Å². The Hall–Kier alpha value is -1.42. The van der Waals surface area contributed by atoms with Crippen molar-refractivity contribution in [2.24, 2.45) is 5.73 Å². The molecule has 0 aliphatic heterocycles. The van der Waals surface area contributed by atoms with Gasteiger partial charge in [-0.3, -0.25) is 0 Å². The number of hydrogen-bond donors (Lipinski definition) is 2. The minimum absolute atomic E-state index is 0.434. The van der Waals surface area contributed by atoms with Gasteiger partial charge in [-0.2, -0.15) is 0 Å². The van der Waals surface area contributed by atoms with Crippen LogP contribution in [0.1, 0.15) is 43.0 Å². The smallest absolute Gasteiger partial charge is 0.110 e. The molecule has 1 aliphatic carbocycles. The first-order chi connectivity index (χ1) is 8.24. The fourth-order valence-corrected chi connectivity index (χ4v) is 2.70. The molecule has 4 heteroatoms. The molecule has 3 N–H and O–H groups in total. The fraction of sp³-hybridized carbons (Fsp3) is 0.385. The molecule has 1 aromatic carbocycles. The third-order valence-corrected chi connectivity index (χ3v) is 3.76. The third kappa shape index (κ3) is 1.93. The van der Waals surface area contributed by atoms with Crippen molar-refractivity contribution in [2.45, 2.75) is 31.6 Å². The van der Waals surface area contributed by atoms with E-state index < -0.39 is 0 Å². The monoisotopic (exact) mass is 245 g/mol. The van der Waals surface area contributed by atoms with Gasteiger partial charge in [0.15, 0.2) is 0 Å². The lowest BCUT2D eigenvalue weighted by molar-refractivity contribution is 0.681. The number of imidazole rings is 1. The number of aromatic nitrogens is 2. The van der Waals surface area contributed by atoms with Crippen molar-refractivity contribution in [3.63, 3.8) is 0 Å². The summed E-state index contributed by atoms with van der Waals surface area (Å²) >= 11 is 4.98. The second-order valence-electron chi connectivity index (χ2n) is 4.70. The Bertz CT molecular complexity index is 567. The molecule has 3 nitrogen and oxygen atoms in total. The summed E-state index contributed by atoms with van der Waals surface area (Å²) in [5, 5.41) is 0. The third-order valence-electron chi connectivity index (χ3n) is 3.53. The van der Waals surface area contributed by atoms with E-state index in [0.717, 1.165) is 22.4 Å². The molecule has 0 amide bonds. The van der Waals surface area contributed by atoms with Gasteiger partial charge >= 0.3 is 0 Å². The van der Waals surface area contributed by atoms with Gasteiger partial charge in [-0.1, -0.05) is 25.1 Å². The summed E-state index contributed by atoms with van der Waals surface area (Å²) in [4.78, 5) is 8.50. The highest BCUT2D eigenvalue weighted by Crippen LogP contribution is 2.33. The zero-order chi connectivity index (χ0) is 11.8. The van der Waals surface area contributed by atoms with Crippen molar-refractivity contribution in [2.75, 3.05) is 0 Å². The molecule has 1 aliphatic rings. The SMILES string of the molecule is NC(=S)c1ccc2nc(C3CCCC3)[nH]c2c1. The number of fused-ring (bicyclic) bond motifs is 1. The molecule has 1 heterocycles. The molecule has 0 atom stereocenters. The molecule has 3 rings (SSSR count). The molecule has 1 aromatic heterocycles. The van der Waals surface area contributed by atoms with Gasteiger partial charge in [0.25, 0.3) is 0 Å². The van der Waals surface area contributed by atoms with E-state index in [1.165, 1.54) is 25.7 Å². The van der Waals surface area contributed by atoms with Crippen LogP contribution in [0.15, 0.2) is 18.2 Å². The second-order valence-corrected chi connectivity index (χ2v) is 5.14. The molecule has 17 heavy (non-hydrogen) atoms. The van der Waals surface area contributed by atoms with E-state index >= 15 is 0 Å². The van der Waals surface area contributed by atoms with Crippen LogP contribution in [-0.2, 0) is 0 Å². The summed E-state index contributed by atoms with van der Waals surface area (Å²) in [7, 11) is 0. The molecule has 0 spiro atoms. The van der Waals surface area contributed by atoms with Crippen molar-refractivity contribution >= 4 is 28.2 Å². The van der Waals surface area contributed by atoms with Crippen molar-refractivity contribution < 1.29 is 0 Å². The molecule has 2 aromatic rings. The fourth-order valence-electron chi connectivity index (χ4n) is 2.58. The number of aromatic amines is 1. The van der Waals surface area contributed by atoms with Crippen LogP contribution in [0.5, 0.6) is 0 Å². The van der Waals surface area contributed by atoms with E-state index in [2.05, 4.69) is 9.97 Å². The van der Waals surface area contributed by atoms with Crippen LogP contribution >= 0.6 is 12.2 Å². The summed E-state index contributed by atoms with van der Waals surface area (Å²) in [6.45, 7) is 0. The van der Waals surface area contributed by atoms with Gasteiger partial charge in [0.2, 0.25) is 0 Å². The molecule has 1 fully saturated rings. The Balaban J connectivity index is 2.03. The van der Waals surface area contributed by atoms with Gasteiger partial charge in [-0.05, 0) is 31.0 Å². The molecule has 88 valence electrons. The predicted octanol–water partition coefficient (Wildman–Crippen LogP) is 2.85. The van der Waals surface area contributed by atoms with E-state index in [1.54, 1.807) is 0 Å². The highest BCUT2D eigenvalue weighted by atomic mass is 32.1. The van der Waals surface area contributed by atoms with Crippen molar-refractivity contribution in [1.82, 2.24) is 9.97 Å². The number of nitrogens with two attached hydrogens (primary N) is 1. The lowest BCUT2D eigenvalue weighted by atomic mass is 10.1. The van der Waals surface area contributed by atoms with Crippen LogP contribution in [0.3, 0.4) is 0 Å². The summed E-state index contributed by atoms with van der Waals surface area (Å²) in [5.74, 6) is 1.73. The maximum absolute atomic E-state index is 5.63. The zero-order valence-corrected chi connectivity index (χ0v) is 10.4. The first kappa shape index (κ1) is 10.7. The Kier molecular flexibility index (Phi) is 2.59. The van der Waals surface area contributed by atoms with E-state index in [9.17, 15) is 0 Å². The van der Waals surface area contributed by atoms with Gasteiger partial charge < -0.3 is 10.7 Å². The van der Waals surface area contributed by atoms with E-state index in [-0.39, 0.29) is 0 Å². The normalized spacial score (nSPS) is 16.7. The Labute approximate surface area is 105 Å². The van der Waals surface area contributed by atoms with Gasteiger partial charge in [-0.15, -0.1) is 0 Å². The number of nitrogens with one attached hydrogen (secondary N) is 1. The average molecular weight is 245 g/mol. The molecule has 0 saturated heterocycles. The van der Waals surface area contributed by atoms with Gasteiger partial charge in [-0.25, -0.2) is 4.98 Å². The van der Waals surface area contributed by atoms with Crippen LogP contribution in [0.4, 0.5) is 0 Å². The molecular weight excluding hydrogens is 230 g/mol. The first-order valence-corrected chi connectivity index (χ1v) is 6.44. The standard InChI is InChI=1S/C13H15N3S/c14-12(17)9-5-6-10-11(7-9)16-13(15-10)8-3-1-2-4-8/h5-8H,1-4H2,(H2,14,17)(H,15,16). The summed E-state index contributed by atoms with van der Waals surface area (Å²) in [6.07, 6.45) is 5.14. The largest absolute Gasteiger partial charge is 0.389 e. The van der Waals surface area contributed by atoms with Crippen LogP contribution in [-0.4, -0.2) is 15.0 Å². The van der Waals surface area contributed by atoms with Crippen molar-refractivity contribution in [3.8, 4) is 0 Å². The van der Waals surface area contributed by atoms with Crippen LogP contribution in [0.25, 0.3) is 11.0 Å². The summed E-state index contributed by atoms with van der Waals surface area (Å²) < 4.78 is 0. The Morgan fingerprint density at radius 1 is 1.35 bits per heavy atom. The number of hydrogen-bond acceptors (Lipinski definition) is 2. The number of H-pyrrole nitrogens is 1. The van der Waals surface area contributed by atoms with Gasteiger partial charge in [0, 0.05) is 11.5 Å². The lowest BCUT2D eigenvalue weighted by Gasteiger charge is -2.02. The minimum atomic E-state index is 0.434. The van der Waals surface area contributed by atoms with Crippen molar-refractivity contribution in [1.29, 1.82) is 0 Å².